The quantitative estimate of drug-likeness (QED) is 0.637. The van der Waals surface area contributed by atoms with Crippen LogP contribution in [0.15, 0.2) is 35.6 Å². The van der Waals surface area contributed by atoms with Crippen molar-refractivity contribution in [1.82, 2.24) is 9.97 Å². The van der Waals surface area contributed by atoms with Crippen molar-refractivity contribution in [2.75, 3.05) is 4.90 Å². The molecule has 0 radical (unpaired) electrons. The normalized spacial score (nSPS) is 17.9. The van der Waals surface area contributed by atoms with Crippen LogP contribution in [0.1, 0.15) is 12.1 Å². The van der Waals surface area contributed by atoms with Gasteiger partial charge in [-0.2, -0.15) is 0 Å². The zero-order valence-corrected chi connectivity index (χ0v) is 12.8. The maximum atomic E-state index is 13.3. The molecule has 2 heterocycles. The number of aromatic nitrogens is 2. The van der Waals surface area contributed by atoms with Gasteiger partial charge in [0.15, 0.2) is 16.8 Å². The predicted molar refractivity (Wildman–Crippen MR) is 79.9 cm³/mol. The number of hydrogen-bond donors (Lipinski definition) is 0. The van der Waals surface area contributed by atoms with E-state index in [0.717, 1.165) is 34.5 Å². The van der Waals surface area contributed by atoms with Crippen molar-refractivity contribution < 1.29 is 18.4 Å². The van der Waals surface area contributed by atoms with E-state index in [0.29, 0.717) is 5.16 Å². The van der Waals surface area contributed by atoms with Crippen LogP contribution in [0.4, 0.5) is 14.5 Å². The lowest BCUT2D eigenvalue weighted by atomic mass is 10.3. The Morgan fingerprint density at radius 3 is 2.70 bits per heavy atom. The van der Waals surface area contributed by atoms with Crippen molar-refractivity contribution in [3.8, 4) is 0 Å². The van der Waals surface area contributed by atoms with E-state index in [1.165, 1.54) is 6.07 Å². The first-order valence-electron chi connectivity index (χ1n) is 6.74. The number of amides is 2. The van der Waals surface area contributed by atoms with Gasteiger partial charge in [0.05, 0.1) is 5.69 Å². The molecule has 0 spiro atoms. The van der Waals surface area contributed by atoms with Crippen LogP contribution >= 0.6 is 11.8 Å². The van der Waals surface area contributed by atoms with Gasteiger partial charge in [-0.25, -0.2) is 23.6 Å². The molecule has 0 N–H and O–H groups in total. The smallest absolute Gasteiger partial charge is 0.247 e. The highest BCUT2D eigenvalue weighted by Crippen LogP contribution is 2.32. The molecule has 1 aromatic heterocycles. The molecule has 2 aromatic rings. The topological polar surface area (TPSA) is 63.2 Å². The zero-order chi connectivity index (χ0) is 16.6. The molecule has 1 aromatic carbocycles. The molecule has 118 valence electrons. The molecule has 0 bridgehead atoms. The highest BCUT2D eigenvalue weighted by Gasteiger charge is 2.40. The molecule has 1 aliphatic rings. The van der Waals surface area contributed by atoms with E-state index in [1.807, 2.05) is 0 Å². The van der Waals surface area contributed by atoms with Crippen molar-refractivity contribution in [2.24, 2.45) is 0 Å². The van der Waals surface area contributed by atoms with Crippen LogP contribution in [0, 0.1) is 18.6 Å². The molecule has 1 aliphatic heterocycles. The van der Waals surface area contributed by atoms with Crippen LogP contribution in [0.2, 0.25) is 0 Å². The monoisotopic (exact) mass is 335 g/mol. The number of hydrogen-bond acceptors (Lipinski definition) is 5. The summed E-state index contributed by atoms with van der Waals surface area (Å²) in [5.74, 6) is -3.10. The molecule has 1 fully saturated rings. The Bertz CT molecular complexity index is 800. The number of anilines is 1. The van der Waals surface area contributed by atoms with Crippen molar-refractivity contribution in [2.45, 2.75) is 23.8 Å². The molecule has 1 saturated heterocycles. The Hall–Kier alpha value is -2.35. The van der Waals surface area contributed by atoms with Crippen molar-refractivity contribution in [3.63, 3.8) is 0 Å². The molecule has 1 unspecified atom stereocenters. The summed E-state index contributed by atoms with van der Waals surface area (Å²) in [6.07, 6.45) is 1.53. The van der Waals surface area contributed by atoms with Gasteiger partial charge >= 0.3 is 0 Å². The molecule has 2 amide bonds. The van der Waals surface area contributed by atoms with Crippen LogP contribution in [-0.2, 0) is 9.59 Å². The van der Waals surface area contributed by atoms with E-state index in [1.54, 1.807) is 19.2 Å². The molecular weight excluding hydrogens is 324 g/mol. The standard InChI is InChI=1S/C15H11F2N3O2S/c1-8-4-5-18-15(19-8)23-12-7-13(21)20(14(12)22)9-2-3-10(16)11(17)6-9/h2-6,12H,7H2,1H3. The SMILES string of the molecule is Cc1ccnc(SC2CC(=O)N(c3ccc(F)c(F)c3)C2=O)n1. The fourth-order valence-electron chi connectivity index (χ4n) is 2.20. The second-order valence-corrected chi connectivity index (χ2v) is 6.13. The second kappa shape index (κ2) is 6.04. The zero-order valence-electron chi connectivity index (χ0n) is 12.0. The lowest BCUT2D eigenvalue weighted by Crippen LogP contribution is -2.31. The number of imide groups is 1. The Kier molecular flexibility index (Phi) is 4.08. The number of carbonyl (C=O) groups excluding carboxylic acids is 2. The average Bonchev–Trinajstić information content (AvgIpc) is 2.77. The van der Waals surface area contributed by atoms with Gasteiger partial charge in [0.1, 0.15) is 5.25 Å². The van der Waals surface area contributed by atoms with Gasteiger partial charge in [0.2, 0.25) is 11.8 Å². The summed E-state index contributed by atoms with van der Waals surface area (Å²) in [5, 5.41) is -0.291. The van der Waals surface area contributed by atoms with E-state index in [4.69, 9.17) is 0 Å². The van der Waals surface area contributed by atoms with Gasteiger partial charge in [-0.15, -0.1) is 0 Å². The molecule has 1 atom stereocenters. The van der Waals surface area contributed by atoms with Crippen LogP contribution < -0.4 is 4.90 Å². The maximum Gasteiger partial charge on any atom is 0.247 e. The van der Waals surface area contributed by atoms with Crippen molar-refractivity contribution >= 4 is 29.3 Å². The summed E-state index contributed by atoms with van der Waals surface area (Å²) in [6.45, 7) is 1.79. The Labute approximate surface area is 134 Å². The highest BCUT2D eigenvalue weighted by molar-refractivity contribution is 8.00. The fraction of sp³-hybridized carbons (Fsp3) is 0.200. The van der Waals surface area contributed by atoms with E-state index in [-0.39, 0.29) is 12.1 Å². The molecule has 0 aliphatic carbocycles. The third-order valence-electron chi connectivity index (χ3n) is 3.29. The third-order valence-corrected chi connectivity index (χ3v) is 4.35. The Balaban J connectivity index is 1.83. The van der Waals surface area contributed by atoms with Crippen LogP contribution in [0.25, 0.3) is 0 Å². The van der Waals surface area contributed by atoms with Crippen molar-refractivity contribution in [3.05, 3.63) is 47.8 Å². The van der Waals surface area contributed by atoms with Crippen molar-refractivity contribution in [1.29, 1.82) is 0 Å². The summed E-state index contributed by atoms with van der Waals surface area (Å²) < 4.78 is 26.3. The first-order chi connectivity index (χ1) is 11.0. The molecular formula is C15H11F2N3O2S. The maximum absolute atomic E-state index is 13.3. The van der Waals surface area contributed by atoms with E-state index < -0.39 is 28.7 Å². The lowest BCUT2D eigenvalue weighted by molar-refractivity contribution is -0.121. The molecule has 3 rings (SSSR count). The first kappa shape index (κ1) is 15.5. The first-order valence-corrected chi connectivity index (χ1v) is 7.62. The minimum Gasteiger partial charge on any atom is -0.274 e. The molecule has 5 nitrogen and oxygen atoms in total. The Morgan fingerprint density at radius 1 is 1.22 bits per heavy atom. The number of halogens is 2. The lowest BCUT2D eigenvalue weighted by Gasteiger charge is -2.14. The number of rotatable bonds is 3. The largest absolute Gasteiger partial charge is 0.274 e. The summed E-state index contributed by atoms with van der Waals surface area (Å²) in [4.78, 5) is 33.6. The fourth-order valence-corrected chi connectivity index (χ4v) is 3.21. The summed E-state index contributed by atoms with van der Waals surface area (Å²) in [5.41, 5.74) is 0.767. The summed E-state index contributed by atoms with van der Waals surface area (Å²) >= 11 is 1.08. The van der Waals surface area contributed by atoms with Gasteiger partial charge in [0, 0.05) is 24.4 Å². The van der Waals surface area contributed by atoms with E-state index in [2.05, 4.69) is 9.97 Å². The average molecular weight is 335 g/mol. The van der Waals surface area contributed by atoms with Gasteiger partial charge < -0.3 is 0 Å². The third kappa shape index (κ3) is 3.07. The highest BCUT2D eigenvalue weighted by atomic mass is 32.2. The number of nitrogens with zero attached hydrogens (tertiary/aromatic N) is 3. The number of thioether (sulfide) groups is 1. The molecule has 23 heavy (non-hydrogen) atoms. The van der Waals surface area contributed by atoms with Crippen LogP contribution in [0.3, 0.4) is 0 Å². The minimum absolute atomic E-state index is 0.0205. The summed E-state index contributed by atoms with van der Waals surface area (Å²) in [7, 11) is 0. The molecule has 8 heteroatoms. The minimum atomic E-state index is -1.11. The van der Waals surface area contributed by atoms with Gasteiger partial charge in [-0.05, 0) is 25.1 Å². The second-order valence-electron chi connectivity index (χ2n) is 4.96. The number of carbonyl (C=O) groups is 2. The van der Waals surface area contributed by atoms with Gasteiger partial charge in [-0.1, -0.05) is 11.8 Å². The number of benzene rings is 1. The molecule has 0 saturated carbocycles. The predicted octanol–water partition coefficient (Wildman–Crippen LogP) is 2.49. The van der Waals surface area contributed by atoms with Crippen LogP contribution in [-0.4, -0.2) is 27.0 Å². The summed E-state index contributed by atoms with van der Waals surface area (Å²) in [6, 6.07) is 4.64. The van der Waals surface area contributed by atoms with Gasteiger partial charge in [0.25, 0.3) is 0 Å². The van der Waals surface area contributed by atoms with Gasteiger partial charge in [-0.3, -0.25) is 9.59 Å². The van der Waals surface area contributed by atoms with E-state index >= 15 is 0 Å². The number of aryl methyl sites for hydroxylation is 1. The van der Waals surface area contributed by atoms with Crippen LogP contribution in [0.5, 0.6) is 0 Å². The Morgan fingerprint density at radius 2 is 2.00 bits per heavy atom. The van der Waals surface area contributed by atoms with E-state index in [9.17, 15) is 18.4 Å².